The van der Waals surface area contributed by atoms with Crippen molar-refractivity contribution in [1.82, 2.24) is 20.0 Å². The van der Waals surface area contributed by atoms with Crippen molar-refractivity contribution in [3.8, 4) is 0 Å². The van der Waals surface area contributed by atoms with E-state index in [9.17, 15) is 8.42 Å². The fraction of sp³-hybridized carbons (Fsp3) is 0.500. The molecule has 0 unspecified atom stereocenters. The van der Waals surface area contributed by atoms with Gasteiger partial charge in [0.05, 0.1) is 5.69 Å². The lowest BCUT2D eigenvalue weighted by Crippen LogP contribution is -2.15. The summed E-state index contributed by atoms with van der Waals surface area (Å²) in [5.74, 6) is 0.191. The maximum atomic E-state index is 12.4. The molecule has 2 aromatic rings. The number of anilines is 2. The van der Waals surface area contributed by atoms with Crippen LogP contribution in [-0.2, 0) is 22.5 Å². The molecular weight excluding hydrogens is 292 g/mol. The summed E-state index contributed by atoms with van der Waals surface area (Å²) in [7, 11) is -2.19. The van der Waals surface area contributed by atoms with Gasteiger partial charge in [-0.3, -0.25) is 14.5 Å². The van der Waals surface area contributed by atoms with E-state index in [1.807, 2.05) is 20.8 Å². The van der Waals surface area contributed by atoms with Gasteiger partial charge in [0, 0.05) is 24.2 Å². The average molecular weight is 312 g/mol. The van der Waals surface area contributed by atoms with Crippen LogP contribution in [0.3, 0.4) is 0 Å². The SMILES string of the molecule is Cc1c(S(=O)(=O)Nc2cc(C(C)(C)C)[nH]n2)c(N)nn1C. The number of hydrogen-bond donors (Lipinski definition) is 3. The Morgan fingerprint density at radius 2 is 2.00 bits per heavy atom. The molecule has 9 heteroatoms. The summed E-state index contributed by atoms with van der Waals surface area (Å²) in [6.07, 6.45) is 0. The third-order valence-electron chi connectivity index (χ3n) is 3.20. The number of aromatic amines is 1. The van der Waals surface area contributed by atoms with Crippen molar-refractivity contribution in [2.24, 2.45) is 7.05 Å². The number of rotatable bonds is 3. The third-order valence-corrected chi connectivity index (χ3v) is 4.72. The predicted molar refractivity (Wildman–Crippen MR) is 80.5 cm³/mol. The normalized spacial score (nSPS) is 12.6. The first-order valence-corrected chi connectivity index (χ1v) is 7.88. The summed E-state index contributed by atoms with van der Waals surface area (Å²) in [6.45, 7) is 7.65. The number of nitrogens with two attached hydrogens (primary N) is 1. The second-order valence-corrected chi connectivity index (χ2v) is 7.56. The Labute approximate surface area is 123 Å². The maximum Gasteiger partial charge on any atom is 0.268 e. The first kappa shape index (κ1) is 15.4. The number of sulfonamides is 1. The molecule has 0 amide bonds. The van der Waals surface area contributed by atoms with Crippen LogP contribution in [0.5, 0.6) is 0 Å². The molecule has 0 aromatic carbocycles. The smallest absolute Gasteiger partial charge is 0.268 e. The van der Waals surface area contributed by atoms with E-state index in [2.05, 4.69) is 20.0 Å². The second-order valence-electron chi connectivity index (χ2n) is 5.95. The van der Waals surface area contributed by atoms with Gasteiger partial charge in [0.2, 0.25) is 0 Å². The van der Waals surface area contributed by atoms with Crippen LogP contribution in [0.2, 0.25) is 0 Å². The Bertz CT molecular complexity index is 766. The van der Waals surface area contributed by atoms with Gasteiger partial charge in [0.15, 0.2) is 16.5 Å². The van der Waals surface area contributed by atoms with Gasteiger partial charge in [0.25, 0.3) is 10.0 Å². The van der Waals surface area contributed by atoms with Gasteiger partial charge in [-0.2, -0.15) is 10.2 Å². The van der Waals surface area contributed by atoms with Crippen molar-refractivity contribution in [2.45, 2.75) is 38.0 Å². The first-order chi connectivity index (χ1) is 9.52. The largest absolute Gasteiger partial charge is 0.381 e. The van der Waals surface area contributed by atoms with Gasteiger partial charge in [-0.25, -0.2) is 8.42 Å². The Morgan fingerprint density at radius 3 is 2.43 bits per heavy atom. The van der Waals surface area contributed by atoms with Crippen molar-refractivity contribution < 1.29 is 8.42 Å². The molecule has 8 nitrogen and oxygen atoms in total. The summed E-state index contributed by atoms with van der Waals surface area (Å²) in [6, 6.07) is 1.67. The fourth-order valence-electron chi connectivity index (χ4n) is 1.89. The molecule has 0 aliphatic rings. The monoisotopic (exact) mass is 312 g/mol. The quantitative estimate of drug-likeness (QED) is 0.785. The molecule has 0 saturated carbocycles. The van der Waals surface area contributed by atoms with E-state index >= 15 is 0 Å². The molecule has 0 saturated heterocycles. The maximum absolute atomic E-state index is 12.4. The zero-order valence-corrected chi connectivity index (χ0v) is 13.5. The molecule has 4 N–H and O–H groups in total. The molecule has 116 valence electrons. The Morgan fingerprint density at radius 1 is 1.38 bits per heavy atom. The molecule has 0 atom stereocenters. The first-order valence-electron chi connectivity index (χ1n) is 6.40. The van der Waals surface area contributed by atoms with Crippen molar-refractivity contribution in [1.29, 1.82) is 0 Å². The molecule has 0 fully saturated rings. The number of hydrogen-bond acceptors (Lipinski definition) is 5. The number of nitrogens with zero attached hydrogens (tertiary/aromatic N) is 3. The number of aromatic nitrogens is 4. The van der Waals surface area contributed by atoms with E-state index in [1.54, 1.807) is 20.0 Å². The van der Waals surface area contributed by atoms with Crippen molar-refractivity contribution >= 4 is 21.7 Å². The zero-order chi connectivity index (χ0) is 16.0. The number of nitrogen functional groups attached to an aromatic ring is 1. The van der Waals surface area contributed by atoms with E-state index < -0.39 is 10.0 Å². The van der Waals surface area contributed by atoms with Gasteiger partial charge in [-0.05, 0) is 6.92 Å². The van der Waals surface area contributed by atoms with Gasteiger partial charge in [0.1, 0.15) is 0 Å². The highest BCUT2D eigenvalue weighted by Gasteiger charge is 2.26. The third kappa shape index (κ3) is 2.87. The van der Waals surface area contributed by atoms with Crippen LogP contribution in [0.1, 0.15) is 32.2 Å². The van der Waals surface area contributed by atoms with Crippen LogP contribution in [0.25, 0.3) is 0 Å². The summed E-state index contributed by atoms with van der Waals surface area (Å²) in [4.78, 5) is -0.0229. The summed E-state index contributed by atoms with van der Waals surface area (Å²) in [5, 5.41) is 10.7. The van der Waals surface area contributed by atoms with Crippen LogP contribution in [0.15, 0.2) is 11.0 Å². The van der Waals surface area contributed by atoms with E-state index in [0.717, 1.165) is 5.69 Å². The van der Waals surface area contributed by atoms with E-state index in [-0.39, 0.29) is 21.9 Å². The van der Waals surface area contributed by atoms with Gasteiger partial charge in [-0.1, -0.05) is 20.8 Å². The molecule has 2 heterocycles. The molecule has 0 bridgehead atoms. The lowest BCUT2D eigenvalue weighted by Gasteiger charge is -2.14. The van der Waals surface area contributed by atoms with E-state index in [1.165, 1.54) is 4.68 Å². The Balaban J connectivity index is 2.36. The Kier molecular flexibility index (Phi) is 3.48. The highest BCUT2D eigenvalue weighted by atomic mass is 32.2. The number of aryl methyl sites for hydroxylation is 1. The number of nitrogens with one attached hydrogen (secondary N) is 2. The summed E-state index contributed by atoms with van der Waals surface area (Å²) in [5.41, 5.74) is 6.82. The highest BCUT2D eigenvalue weighted by molar-refractivity contribution is 7.93. The van der Waals surface area contributed by atoms with Gasteiger partial charge >= 0.3 is 0 Å². The number of H-pyrrole nitrogens is 1. The molecule has 0 aliphatic heterocycles. The van der Waals surface area contributed by atoms with E-state index in [0.29, 0.717) is 5.69 Å². The van der Waals surface area contributed by atoms with Crippen LogP contribution in [0.4, 0.5) is 11.6 Å². The van der Waals surface area contributed by atoms with Gasteiger partial charge < -0.3 is 5.73 Å². The molecule has 2 aromatic heterocycles. The second kappa shape index (κ2) is 4.76. The molecular formula is C12H20N6O2S. The van der Waals surface area contributed by atoms with E-state index in [4.69, 9.17) is 5.73 Å². The van der Waals surface area contributed by atoms with Crippen LogP contribution < -0.4 is 10.5 Å². The molecule has 0 aliphatic carbocycles. The lowest BCUT2D eigenvalue weighted by atomic mass is 9.92. The fourth-order valence-corrected chi connectivity index (χ4v) is 3.21. The van der Waals surface area contributed by atoms with Crippen molar-refractivity contribution in [3.05, 3.63) is 17.5 Å². The van der Waals surface area contributed by atoms with Crippen LogP contribution in [-0.4, -0.2) is 28.4 Å². The molecule has 0 spiro atoms. The van der Waals surface area contributed by atoms with Crippen LogP contribution >= 0.6 is 0 Å². The highest BCUT2D eigenvalue weighted by Crippen LogP contribution is 2.26. The molecule has 0 radical (unpaired) electrons. The van der Waals surface area contributed by atoms with Crippen molar-refractivity contribution in [3.63, 3.8) is 0 Å². The van der Waals surface area contributed by atoms with Crippen LogP contribution in [0, 0.1) is 6.92 Å². The summed E-state index contributed by atoms with van der Waals surface area (Å²) >= 11 is 0. The topological polar surface area (TPSA) is 119 Å². The standard InChI is InChI=1S/C12H20N6O2S/c1-7-10(11(13)16-18(7)5)21(19,20)17-9-6-8(14-15-9)12(2,3)4/h6H,1-5H3,(H2,13,16)(H2,14,15,17). The Hall–Kier alpha value is -2.03. The lowest BCUT2D eigenvalue weighted by molar-refractivity contribution is 0.567. The predicted octanol–water partition coefficient (Wildman–Crippen LogP) is 1.13. The minimum atomic E-state index is -3.83. The average Bonchev–Trinajstić information content (AvgIpc) is 2.84. The summed E-state index contributed by atoms with van der Waals surface area (Å²) < 4.78 is 28.7. The minimum Gasteiger partial charge on any atom is -0.381 e. The van der Waals surface area contributed by atoms with Crippen molar-refractivity contribution in [2.75, 3.05) is 10.5 Å². The molecule has 21 heavy (non-hydrogen) atoms. The minimum absolute atomic E-state index is 0.0229. The molecule has 2 rings (SSSR count). The van der Waals surface area contributed by atoms with Gasteiger partial charge in [-0.15, -0.1) is 0 Å². The zero-order valence-electron chi connectivity index (χ0n) is 12.7.